The normalized spacial score (nSPS) is 18.7. The molecule has 8 nitrogen and oxygen atoms in total. The van der Waals surface area contributed by atoms with Crippen molar-refractivity contribution in [1.29, 1.82) is 0 Å². The van der Waals surface area contributed by atoms with Gasteiger partial charge in [-0.3, -0.25) is 4.79 Å². The van der Waals surface area contributed by atoms with Gasteiger partial charge < -0.3 is 24.6 Å². The van der Waals surface area contributed by atoms with Gasteiger partial charge in [0.05, 0.1) is 11.3 Å². The number of aromatic nitrogens is 2. The lowest BCUT2D eigenvalue weighted by molar-refractivity contribution is 0.0947. The minimum Gasteiger partial charge on any atom is -0.454 e. The Hall–Kier alpha value is -3.65. The van der Waals surface area contributed by atoms with Crippen molar-refractivity contribution in [2.24, 2.45) is 0 Å². The highest BCUT2D eigenvalue weighted by Gasteiger charge is 2.42. The second kappa shape index (κ2) is 10.0. The predicted octanol–water partition coefficient (Wildman–Crippen LogP) is 3.75. The summed E-state index contributed by atoms with van der Waals surface area (Å²) < 4.78 is 10.9. The van der Waals surface area contributed by atoms with Gasteiger partial charge in [0.1, 0.15) is 0 Å². The first-order chi connectivity index (χ1) is 18.1. The molecular formula is C29H33N5O3. The number of likely N-dealkylation sites (N-methyl/N-ethyl adjacent to an activating group) is 1. The fourth-order valence-corrected chi connectivity index (χ4v) is 5.79. The fourth-order valence-electron chi connectivity index (χ4n) is 5.79. The lowest BCUT2D eigenvalue weighted by Crippen LogP contribution is -2.45. The average molecular weight is 500 g/mol. The van der Waals surface area contributed by atoms with E-state index >= 15 is 0 Å². The molecule has 2 aromatic carbocycles. The van der Waals surface area contributed by atoms with Gasteiger partial charge in [-0.2, -0.15) is 0 Å². The molecule has 0 bridgehead atoms. The van der Waals surface area contributed by atoms with Crippen molar-refractivity contribution in [3.8, 4) is 11.5 Å². The van der Waals surface area contributed by atoms with Gasteiger partial charge in [-0.1, -0.05) is 49.2 Å². The third kappa shape index (κ3) is 4.62. The zero-order chi connectivity index (χ0) is 25.2. The largest absolute Gasteiger partial charge is 0.454 e. The molecule has 8 heteroatoms. The molecule has 6 rings (SSSR count). The van der Waals surface area contributed by atoms with Crippen LogP contribution in [0.15, 0.2) is 54.7 Å². The second-order valence-electron chi connectivity index (χ2n) is 10.2. The summed E-state index contributed by atoms with van der Waals surface area (Å²) in [5, 5.41) is 3.11. The van der Waals surface area contributed by atoms with Gasteiger partial charge in [-0.15, -0.1) is 0 Å². The van der Waals surface area contributed by atoms with Gasteiger partial charge in [-0.05, 0) is 43.1 Å². The van der Waals surface area contributed by atoms with Crippen molar-refractivity contribution < 1.29 is 14.3 Å². The molecule has 3 aromatic rings. The number of rotatable bonds is 6. The van der Waals surface area contributed by atoms with Crippen molar-refractivity contribution in [3.63, 3.8) is 0 Å². The van der Waals surface area contributed by atoms with Crippen LogP contribution >= 0.6 is 0 Å². The minimum atomic E-state index is -0.295. The van der Waals surface area contributed by atoms with Crippen molar-refractivity contribution >= 4 is 11.9 Å². The van der Waals surface area contributed by atoms with E-state index in [4.69, 9.17) is 19.4 Å². The minimum absolute atomic E-state index is 0.153. The Labute approximate surface area is 217 Å². The van der Waals surface area contributed by atoms with Crippen LogP contribution in [0.1, 0.15) is 52.9 Å². The number of anilines is 1. The number of hydrogen-bond donors (Lipinski definition) is 1. The first-order valence-electron chi connectivity index (χ1n) is 13.2. The Morgan fingerprint density at radius 1 is 1.00 bits per heavy atom. The van der Waals surface area contributed by atoms with E-state index in [-0.39, 0.29) is 18.1 Å². The number of ether oxygens (including phenoxy) is 2. The molecule has 1 saturated heterocycles. The van der Waals surface area contributed by atoms with E-state index in [9.17, 15) is 4.79 Å². The molecule has 1 saturated carbocycles. The Balaban J connectivity index is 1.34. The van der Waals surface area contributed by atoms with Gasteiger partial charge in [-0.25, -0.2) is 9.97 Å². The van der Waals surface area contributed by atoms with Crippen LogP contribution in [0.5, 0.6) is 11.5 Å². The maximum atomic E-state index is 13.7. The monoisotopic (exact) mass is 499 g/mol. The lowest BCUT2D eigenvalue weighted by Gasteiger charge is -2.35. The molecule has 2 aliphatic heterocycles. The number of piperazine rings is 1. The van der Waals surface area contributed by atoms with Crippen LogP contribution in [0.3, 0.4) is 0 Å². The van der Waals surface area contributed by atoms with Crippen molar-refractivity contribution in [1.82, 2.24) is 20.2 Å². The maximum Gasteiger partial charge on any atom is 0.255 e. The van der Waals surface area contributed by atoms with Crippen LogP contribution in [0.2, 0.25) is 0 Å². The Bertz CT molecular complexity index is 1270. The topological polar surface area (TPSA) is 79.8 Å². The summed E-state index contributed by atoms with van der Waals surface area (Å²) in [5.74, 6) is 2.01. The van der Waals surface area contributed by atoms with Gasteiger partial charge >= 0.3 is 0 Å². The molecular weight excluding hydrogens is 466 g/mol. The number of amides is 1. The standard InChI is InChI=1S/C29H33N5O3/c1-33-13-15-34(16-14-33)28-31-19-23(27(35)30-18-21-9-10-24-25(17-21)37-20-36-24)26(32-28)29(11-5-6-12-29)22-7-3-2-4-8-22/h2-4,7-10,17,19H,5-6,11-16,18,20H2,1H3,(H,30,35). The van der Waals surface area contributed by atoms with E-state index in [0.717, 1.165) is 74.8 Å². The van der Waals surface area contributed by atoms with E-state index in [1.807, 2.05) is 24.3 Å². The van der Waals surface area contributed by atoms with E-state index in [0.29, 0.717) is 17.9 Å². The van der Waals surface area contributed by atoms with Crippen LogP contribution in [-0.4, -0.2) is 60.8 Å². The Kier molecular flexibility index (Phi) is 6.42. The van der Waals surface area contributed by atoms with Gasteiger partial charge in [0.2, 0.25) is 12.7 Å². The molecule has 0 unspecified atom stereocenters. The third-order valence-corrected chi connectivity index (χ3v) is 7.93. The molecule has 37 heavy (non-hydrogen) atoms. The molecule has 3 heterocycles. The summed E-state index contributed by atoms with van der Waals surface area (Å²) in [6.45, 7) is 4.31. The van der Waals surface area contributed by atoms with E-state index in [1.165, 1.54) is 5.56 Å². The van der Waals surface area contributed by atoms with E-state index < -0.39 is 0 Å². The van der Waals surface area contributed by atoms with Crippen molar-refractivity contribution in [2.75, 3.05) is 44.9 Å². The molecule has 3 aliphatic rings. The molecule has 0 spiro atoms. The number of nitrogens with one attached hydrogen (secondary N) is 1. The highest BCUT2D eigenvalue weighted by Crippen LogP contribution is 2.47. The Morgan fingerprint density at radius 3 is 2.54 bits per heavy atom. The second-order valence-corrected chi connectivity index (χ2v) is 10.2. The summed E-state index contributed by atoms with van der Waals surface area (Å²) in [6, 6.07) is 16.3. The summed E-state index contributed by atoms with van der Waals surface area (Å²) in [6.07, 6.45) is 5.91. The van der Waals surface area contributed by atoms with Crippen LogP contribution in [0, 0.1) is 0 Å². The summed E-state index contributed by atoms with van der Waals surface area (Å²) in [4.78, 5) is 28.1. The first kappa shape index (κ1) is 23.7. The average Bonchev–Trinajstić information content (AvgIpc) is 3.63. The summed E-state index contributed by atoms with van der Waals surface area (Å²) >= 11 is 0. The van der Waals surface area contributed by atoms with Gasteiger partial charge in [0, 0.05) is 44.3 Å². The van der Waals surface area contributed by atoms with E-state index in [2.05, 4.69) is 46.4 Å². The number of benzene rings is 2. The van der Waals surface area contributed by atoms with Gasteiger partial charge in [0.25, 0.3) is 5.91 Å². The van der Waals surface area contributed by atoms with Crippen LogP contribution < -0.4 is 19.7 Å². The van der Waals surface area contributed by atoms with Crippen LogP contribution in [0.4, 0.5) is 5.95 Å². The predicted molar refractivity (Wildman–Crippen MR) is 141 cm³/mol. The van der Waals surface area contributed by atoms with Crippen molar-refractivity contribution in [2.45, 2.75) is 37.6 Å². The summed E-state index contributed by atoms with van der Waals surface area (Å²) in [7, 11) is 2.14. The molecule has 0 radical (unpaired) electrons. The third-order valence-electron chi connectivity index (χ3n) is 7.93. The quantitative estimate of drug-likeness (QED) is 0.553. The number of carbonyl (C=O) groups excluding carboxylic acids is 1. The molecule has 1 aromatic heterocycles. The van der Waals surface area contributed by atoms with E-state index in [1.54, 1.807) is 6.20 Å². The smallest absolute Gasteiger partial charge is 0.255 e. The van der Waals surface area contributed by atoms with Crippen molar-refractivity contribution in [3.05, 3.63) is 77.1 Å². The first-order valence-corrected chi connectivity index (χ1v) is 13.2. The molecule has 192 valence electrons. The maximum absolute atomic E-state index is 13.7. The SMILES string of the molecule is CN1CCN(c2ncc(C(=O)NCc3ccc4c(c3)OCO4)c(C3(c4ccccc4)CCCC3)n2)CC1. The summed E-state index contributed by atoms with van der Waals surface area (Å²) in [5.41, 5.74) is 3.29. The lowest BCUT2D eigenvalue weighted by atomic mass is 9.74. The highest BCUT2D eigenvalue weighted by atomic mass is 16.7. The molecule has 1 aliphatic carbocycles. The fraction of sp³-hybridized carbons (Fsp3) is 0.414. The number of carbonyl (C=O) groups is 1. The number of nitrogens with zero attached hydrogens (tertiary/aromatic N) is 4. The molecule has 1 N–H and O–H groups in total. The Morgan fingerprint density at radius 2 is 1.76 bits per heavy atom. The zero-order valence-electron chi connectivity index (χ0n) is 21.3. The number of fused-ring (bicyclic) bond motifs is 1. The molecule has 0 atom stereocenters. The van der Waals surface area contributed by atoms with Crippen LogP contribution in [0.25, 0.3) is 0 Å². The zero-order valence-corrected chi connectivity index (χ0v) is 21.3. The highest BCUT2D eigenvalue weighted by molar-refractivity contribution is 5.95. The van der Waals surface area contributed by atoms with Crippen LogP contribution in [-0.2, 0) is 12.0 Å². The van der Waals surface area contributed by atoms with Gasteiger partial charge in [0.15, 0.2) is 11.5 Å². The number of hydrogen-bond acceptors (Lipinski definition) is 7. The molecule has 1 amide bonds. The molecule has 2 fully saturated rings.